The lowest BCUT2D eigenvalue weighted by Crippen LogP contribution is -2.39. The first-order chi connectivity index (χ1) is 18.0. The molecule has 0 spiro atoms. The number of carbonyl (C=O) groups is 2. The van der Waals surface area contributed by atoms with Crippen LogP contribution in [0, 0.1) is 4.91 Å². The Bertz CT molecular complexity index is 1290. The summed E-state index contributed by atoms with van der Waals surface area (Å²) >= 11 is 12.3. The van der Waals surface area contributed by atoms with E-state index >= 15 is 0 Å². The molecule has 8 heteroatoms. The number of hydrogen-bond donors (Lipinski definition) is 1. The van der Waals surface area contributed by atoms with Crippen LogP contribution in [0.5, 0.6) is 0 Å². The Hall–Kier alpha value is -3.48. The molecular formula is C30H31Cl2N3O3. The van der Waals surface area contributed by atoms with Gasteiger partial charge in [0.05, 0.1) is 6.54 Å². The predicted molar refractivity (Wildman–Crippen MR) is 156 cm³/mol. The molecule has 2 aromatic rings. The van der Waals surface area contributed by atoms with Crippen molar-refractivity contribution in [1.29, 1.82) is 0 Å². The smallest absolute Gasteiger partial charge is 0.311 e. The van der Waals surface area contributed by atoms with E-state index in [-0.39, 0.29) is 17.9 Å². The van der Waals surface area contributed by atoms with Gasteiger partial charge in [0.1, 0.15) is 0 Å². The number of allylic oxidation sites excluding steroid dienone is 6. The molecule has 0 bridgehead atoms. The Kier molecular flexibility index (Phi) is 10.2. The molecule has 0 aromatic heterocycles. The summed E-state index contributed by atoms with van der Waals surface area (Å²) in [6.07, 6.45) is 9.83. The minimum Gasteiger partial charge on any atom is -0.311 e. The molecule has 0 saturated heterocycles. The fraction of sp³-hybridized carbons (Fsp3) is 0.267. The van der Waals surface area contributed by atoms with E-state index in [4.69, 9.17) is 23.2 Å². The highest BCUT2D eigenvalue weighted by atomic mass is 35.5. The molecule has 0 saturated carbocycles. The normalized spacial score (nSPS) is 13.8. The number of nitrogens with zero attached hydrogens (tertiary/aromatic N) is 2. The summed E-state index contributed by atoms with van der Waals surface area (Å²) in [5.74, 6) is -0.657. The monoisotopic (exact) mass is 551 g/mol. The van der Waals surface area contributed by atoms with Crippen LogP contribution in [0.3, 0.4) is 0 Å². The Balaban J connectivity index is 1.80. The van der Waals surface area contributed by atoms with Crippen molar-refractivity contribution < 1.29 is 9.59 Å². The van der Waals surface area contributed by atoms with Gasteiger partial charge in [-0.2, -0.15) is 0 Å². The van der Waals surface area contributed by atoms with E-state index < -0.39 is 5.91 Å². The van der Waals surface area contributed by atoms with E-state index in [2.05, 4.69) is 31.3 Å². The van der Waals surface area contributed by atoms with E-state index in [0.717, 1.165) is 16.8 Å². The van der Waals surface area contributed by atoms with Gasteiger partial charge < -0.3 is 5.32 Å². The van der Waals surface area contributed by atoms with Gasteiger partial charge in [0.25, 0.3) is 5.91 Å². The van der Waals surface area contributed by atoms with Gasteiger partial charge in [0.2, 0.25) is 0 Å². The van der Waals surface area contributed by atoms with Gasteiger partial charge in [0.15, 0.2) is 0 Å². The van der Waals surface area contributed by atoms with Crippen LogP contribution < -0.4 is 10.2 Å². The van der Waals surface area contributed by atoms with Crippen LogP contribution in [0.1, 0.15) is 56.7 Å². The van der Waals surface area contributed by atoms with Crippen LogP contribution in [0.15, 0.2) is 93.8 Å². The molecule has 3 rings (SSSR count). The predicted octanol–water partition coefficient (Wildman–Crippen LogP) is 8.32. The van der Waals surface area contributed by atoms with E-state index in [0.29, 0.717) is 35.1 Å². The maximum atomic E-state index is 13.5. The Morgan fingerprint density at radius 2 is 1.68 bits per heavy atom. The number of nitroso groups, excluding NO2 is 1. The number of nitrogens with one attached hydrogen (secondary N) is 1. The van der Waals surface area contributed by atoms with Crippen LogP contribution >= 0.6 is 23.2 Å². The first kappa shape index (κ1) is 29.1. The molecule has 0 atom stereocenters. The molecule has 38 heavy (non-hydrogen) atoms. The third-order valence-corrected chi connectivity index (χ3v) is 6.40. The number of urea groups is 1. The van der Waals surface area contributed by atoms with Gasteiger partial charge in [0, 0.05) is 39.5 Å². The zero-order valence-electron chi connectivity index (χ0n) is 21.7. The molecule has 198 valence electrons. The summed E-state index contributed by atoms with van der Waals surface area (Å²) in [5, 5.41) is 6.34. The highest BCUT2D eigenvalue weighted by molar-refractivity contribution is 6.35. The average Bonchev–Trinajstić information content (AvgIpc) is 3.04. The maximum absolute atomic E-state index is 13.5. The quantitative estimate of drug-likeness (QED) is 0.335. The molecule has 0 aliphatic heterocycles. The minimum atomic E-state index is -0.657. The summed E-state index contributed by atoms with van der Waals surface area (Å²) in [5.41, 5.74) is 4.45. The number of anilines is 1. The zero-order chi connectivity index (χ0) is 27.7. The molecule has 0 radical (unpaired) electrons. The fourth-order valence-corrected chi connectivity index (χ4v) is 4.27. The highest BCUT2D eigenvalue weighted by Crippen LogP contribution is 2.27. The second-order valence-electron chi connectivity index (χ2n) is 9.97. The van der Waals surface area contributed by atoms with Crippen LogP contribution in [0.4, 0.5) is 10.5 Å². The Labute approximate surface area is 233 Å². The van der Waals surface area contributed by atoms with Crippen LogP contribution in [-0.2, 0) is 16.8 Å². The van der Waals surface area contributed by atoms with Crippen LogP contribution in [-0.4, -0.2) is 11.9 Å². The maximum Gasteiger partial charge on any atom is 0.326 e. The number of halogens is 2. The van der Waals surface area contributed by atoms with Crippen LogP contribution in [0.25, 0.3) is 6.08 Å². The molecule has 6 nitrogen and oxygen atoms in total. The number of carbonyl (C=O) groups excluding carboxylic acids is 2. The molecule has 0 unspecified atom stereocenters. The van der Waals surface area contributed by atoms with Crippen molar-refractivity contribution in [3.05, 3.63) is 110 Å². The zero-order valence-corrected chi connectivity index (χ0v) is 23.2. The molecule has 3 amide bonds. The summed E-state index contributed by atoms with van der Waals surface area (Å²) in [4.78, 5) is 36.4. The number of benzene rings is 2. The lowest BCUT2D eigenvalue weighted by atomic mass is 9.87. The van der Waals surface area contributed by atoms with Gasteiger partial charge in [-0.15, -0.1) is 4.91 Å². The second-order valence-corrected chi connectivity index (χ2v) is 10.8. The largest absolute Gasteiger partial charge is 0.326 e. The van der Waals surface area contributed by atoms with Crippen molar-refractivity contribution in [2.24, 2.45) is 5.18 Å². The molecule has 1 N–H and O–H groups in total. The molecule has 1 aliphatic carbocycles. The highest BCUT2D eigenvalue weighted by Gasteiger charge is 2.20. The van der Waals surface area contributed by atoms with E-state index in [1.807, 2.05) is 60.7 Å². The summed E-state index contributed by atoms with van der Waals surface area (Å²) in [7, 11) is 0. The molecule has 0 heterocycles. The molecule has 0 fully saturated rings. The summed E-state index contributed by atoms with van der Waals surface area (Å²) in [6, 6.07) is 15.5. The van der Waals surface area contributed by atoms with Gasteiger partial charge in [-0.25, -0.2) is 4.79 Å². The van der Waals surface area contributed by atoms with Crippen molar-refractivity contribution in [3.63, 3.8) is 0 Å². The minimum absolute atomic E-state index is 0.00808. The van der Waals surface area contributed by atoms with Gasteiger partial charge in [-0.05, 0) is 52.8 Å². The Morgan fingerprint density at radius 1 is 1.00 bits per heavy atom. The topological polar surface area (TPSA) is 78.8 Å². The molecular weight excluding hydrogens is 521 g/mol. The summed E-state index contributed by atoms with van der Waals surface area (Å²) in [6.45, 7) is 6.79. The molecule has 2 aromatic carbocycles. The fourth-order valence-electron chi connectivity index (χ4n) is 3.77. The number of rotatable bonds is 8. The third kappa shape index (κ3) is 8.82. The standard InChI is InChI=1S/C30H31Cl2N3O3/c1-30(2,3)23-12-16-27(17-13-23)35(29(37)33-26-15-14-24(31)18-25(32)19-26)20-22-10-8-21(9-11-22)6-4-5-7-28(36)34-38/h4,6,8-14,16-19H,5,7,15,20H2,1-3H3,(H,33,37)/b6-4+. The van der Waals surface area contributed by atoms with Gasteiger partial charge >= 0.3 is 6.03 Å². The van der Waals surface area contributed by atoms with Crippen molar-refractivity contribution in [2.45, 2.75) is 52.0 Å². The lowest BCUT2D eigenvalue weighted by Gasteiger charge is -2.26. The van der Waals surface area contributed by atoms with Crippen molar-refractivity contribution in [1.82, 2.24) is 5.32 Å². The molecule has 1 aliphatic rings. The number of amides is 3. The van der Waals surface area contributed by atoms with E-state index in [9.17, 15) is 14.5 Å². The lowest BCUT2D eigenvalue weighted by molar-refractivity contribution is -0.117. The first-order valence-corrected chi connectivity index (χ1v) is 13.0. The van der Waals surface area contributed by atoms with Gasteiger partial charge in [-0.1, -0.05) is 98.6 Å². The van der Waals surface area contributed by atoms with Crippen molar-refractivity contribution in [3.8, 4) is 0 Å². The van der Waals surface area contributed by atoms with Crippen molar-refractivity contribution in [2.75, 3.05) is 4.90 Å². The summed E-state index contributed by atoms with van der Waals surface area (Å²) < 4.78 is 0. The van der Waals surface area contributed by atoms with Crippen LogP contribution in [0.2, 0.25) is 0 Å². The Morgan fingerprint density at radius 3 is 2.32 bits per heavy atom. The van der Waals surface area contributed by atoms with E-state index in [1.54, 1.807) is 23.1 Å². The first-order valence-electron chi connectivity index (χ1n) is 12.3. The second kappa shape index (κ2) is 13.4. The van der Waals surface area contributed by atoms with E-state index in [1.165, 1.54) is 5.56 Å². The third-order valence-electron chi connectivity index (χ3n) is 5.92. The number of hydrogen-bond acceptors (Lipinski definition) is 3. The SMILES string of the molecule is CC(C)(C)c1ccc(N(Cc2ccc(/C=C/CCC(=O)N=O)cc2)C(=O)NC2=CC(Cl)=CC(Cl)=CC2)cc1. The van der Waals surface area contributed by atoms with Gasteiger partial charge in [-0.3, -0.25) is 9.69 Å². The average molecular weight is 553 g/mol. The van der Waals surface area contributed by atoms with Crippen molar-refractivity contribution >= 4 is 46.9 Å².